The Labute approximate surface area is 121 Å². The van der Waals surface area contributed by atoms with Gasteiger partial charge >= 0.3 is 5.97 Å². The Kier molecular flexibility index (Phi) is 3.96. The molecule has 0 spiro atoms. The summed E-state index contributed by atoms with van der Waals surface area (Å²) in [6.45, 7) is 2.22. The third-order valence-corrected chi connectivity index (χ3v) is 3.30. The van der Waals surface area contributed by atoms with Gasteiger partial charge in [-0.25, -0.2) is 9.79 Å². The Balaban J connectivity index is 2.08. The Morgan fingerprint density at radius 1 is 1.55 bits per heavy atom. The molecule has 1 atom stereocenters. The van der Waals surface area contributed by atoms with Crippen LogP contribution in [0.1, 0.15) is 12.5 Å². The minimum Gasteiger partial charge on any atom is -0.478 e. The summed E-state index contributed by atoms with van der Waals surface area (Å²) in [5.74, 6) is -2.01. The van der Waals surface area contributed by atoms with Crippen LogP contribution in [0.5, 0.6) is 0 Å². The van der Waals surface area contributed by atoms with Crippen molar-refractivity contribution in [1.29, 1.82) is 0 Å². The Hall–Kier alpha value is -2.05. The van der Waals surface area contributed by atoms with Gasteiger partial charge < -0.3 is 16.2 Å². The number of aliphatic carboxylic acids is 1. The van der Waals surface area contributed by atoms with Gasteiger partial charge in [-0.2, -0.15) is 0 Å². The van der Waals surface area contributed by atoms with Crippen molar-refractivity contribution >= 4 is 23.4 Å². The molecule has 0 bridgehead atoms. The third-order valence-electron chi connectivity index (χ3n) is 2.93. The average molecular weight is 295 g/mol. The molecule has 5 N–H and O–H groups in total. The molecule has 0 amide bonds. The maximum atomic E-state index is 10.9. The first kappa shape index (κ1) is 14.4. The van der Waals surface area contributed by atoms with Gasteiger partial charge in [0.15, 0.2) is 5.79 Å². The van der Waals surface area contributed by atoms with E-state index in [1.165, 1.54) is 6.20 Å². The number of hydrogen-bond donors (Lipinski definition) is 4. The molecule has 1 aliphatic heterocycles. The molecule has 1 aromatic carbocycles. The summed E-state index contributed by atoms with van der Waals surface area (Å²) < 4.78 is 0. The van der Waals surface area contributed by atoms with Crippen LogP contribution in [0.3, 0.4) is 0 Å². The molecule has 0 radical (unpaired) electrons. The number of aliphatic imine (C=N–C) groups is 1. The number of nitrogens with two attached hydrogens (primary N) is 1. The number of hydrogen-bond acceptors (Lipinski definition) is 5. The Morgan fingerprint density at radius 2 is 2.25 bits per heavy atom. The lowest BCUT2D eigenvalue weighted by molar-refractivity contribution is -0.132. The second kappa shape index (κ2) is 5.52. The molecule has 0 fully saturated rings. The first-order valence-electron chi connectivity index (χ1n) is 5.96. The number of amidine groups is 1. The average Bonchev–Trinajstić information content (AvgIpc) is 2.37. The number of benzene rings is 1. The van der Waals surface area contributed by atoms with Crippen LogP contribution < -0.4 is 16.4 Å². The summed E-state index contributed by atoms with van der Waals surface area (Å²) >= 11 is 6.07. The SMILES string of the molecule is CC1(NCc2ccccc2Cl)N=C(N)C(C(=O)O)=CN1. The van der Waals surface area contributed by atoms with Crippen LogP contribution in [-0.2, 0) is 11.3 Å². The van der Waals surface area contributed by atoms with Crippen molar-refractivity contribution in [1.82, 2.24) is 10.6 Å². The van der Waals surface area contributed by atoms with Crippen molar-refractivity contribution in [2.24, 2.45) is 10.7 Å². The first-order valence-corrected chi connectivity index (χ1v) is 6.34. The maximum Gasteiger partial charge on any atom is 0.340 e. The maximum absolute atomic E-state index is 10.9. The van der Waals surface area contributed by atoms with Crippen LogP contribution in [0.4, 0.5) is 0 Å². The van der Waals surface area contributed by atoms with E-state index in [0.717, 1.165) is 5.56 Å². The van der Waals surface area contributed by atoms with Gasteiger partial charge in [-0.3, -0.25) is 5.32 Å². The fourth-order valence-corrected chi connectivity index (χ4v) is 1.99. The lowest BCUT2D eigenvalue weighted by atomic mass is 10.2. The van der Waals surface area contributed by atoms with Gasteiger partial charge in [-0.05, 0) is 18.6 Å². The molecule has 0 aliphatic carbocycles. The molecular formula is C13H15ClN4O2. The van der Waals surface area contributed by atoms with E-state index in [1.54, 1.807) is 13.0 Å². The Bertz CT molecular complexity index is 600. The number of rotatable bonds is 4. The van der Waals surface area contributed by atoms with Crippen molar-refractivity contribution in [2.75, 3.05) is 0 Å². The van der Waals surface area contributed by atoms with E-state index in [2.05, 4.69) is 15.6 Å². The molecule has 1 aromatic rings. The molecule has 1 aliphatic rings. The van der Waals surface area contributed by atoms with Gasteiger partial charge in [0.25, 0.3) is 0 Å². The summed E-state index contributed by atoms with van der Waals surface area (Å²) in [7, 11) is 0. The van der Waals surface area contributed by atoms with Gasteiger partial charge in [0.1, 0.15) is 11.4 Å². The molecule has 20 heavy (non-hydrogen) atoms. The zero-order valence-corrected chi connectivity index (χ0v) is 11.6. The normalized spacial score (nSPS) is 21.7. The quantitative estimate of drug-likeness (QED) is 0.665. The summed E-state index contributed by atoms with van der Waals surface area (Å²) in [5, 5.41) is 15.6. The highest BCUT2D eigenvalue weighted by atomic mass is 35.5. The van der Waals surface area contributed by atoms with Crippen LogP contribution in [0.2, 0.25) is 5.02 Å². The van der Waals surface area contributed by atoms with Gasteiger partial charge in [0, 0.05) is 17.8 Å². The van der Waals surface area contributed by atoms with Crippen molar-refractivity contribution < 1.29 is 9.90 Å². The summed E-state index contributed by atoms with van der Waals surface area (Å²) in [6, 6.07) is 7.44. The molecule has 7 heteroatoms. The fourth-order valence-electron chi connectivity index (χ4n) is 1.79. The number of halogens is 1. The van der Waals surface area contributed by atoms with E-state index in [0.29, 0.717) is 11.6 Å². The largest absolute Gasteiger partial charge is 0.478 e. The molecule has 0 saturated heterocycles. The zero-order valence-electron chi connectivity index (χ0n) is 10.9. The fraction of sp³-hybridized carbons (Fsp3) is 0.231. The Morgan fingerprint density at radius 3 is 2.85 bits per heavy atom. The van der Waals surface area contributed by atoms with Crippen LogP contribution in [-0.4, -0.2) is 22.7 Å². The molecule has 1 heterocycles. The van der Waals surface area contributed by atoms with Crippen LogP contribution in [0.25, 0.3) is 0 Å². The first-order chi connectivity index (χ1) is 9.41. The van der Waals surface area contributed by atoms with E-state index in [4.69, 9.17) is 22.4 Å². The molecule has 0 aromatic heterocycles. The van der Waals surface area contributed by atoms with E-state index in [9.17, 15) is 4.79 Å². The number of carbonyl (C=O) groups is 1. The predicted octanol–water partition coefficient (Wildman–Crippen LogP) is 1.03. The van der Waals surface area contributed by atoms with Gasteiger partial charge in [-0.15, -0.1) is 0 Å². The number of carboxylic acid groups (broad SMARTS) is 1. The minimum absolute atomic E-state index is 0.0228. The zero-order chi connectivity index (χ0) is 14.8. The van der Waals surface area contributed by atoms with Crippen molar-refractivity contribution in [3.63, 3.8) is 0 Å². The monoisotopic (exact) mass is 294 g/mol. The smallest absolute Gasteiger partial charge is 0.340 e. The highest BCUT2D eigenvalue weighted by molar-refractivity contribution is 6.31. The van der Waals surface area contributed by atoms with Crippen LogP contribution in [0.15, 0.2) is 41.0 Å². The lowest BCUT2D eigenvalue weighted by Crippen LogP contribution is -2.54. The summed E-state index contributed by atoms with van der Waals surface area (Å²) in [5.41, 5.74) is 6.51. The standard InChI is InChI=1S/C13H15ClN4O2/c1-13(16-6-8-4-2-3-5-10(8)14)17-7-9(12(19)20)11(15)18-13/h2-5,7,16-17H,6H2,1H3,(H2,15,18)(H,19,20). The number of nitrogens with one attached hydrogen (secondary N) is 2. The molecular weight excluding hydrogens is 280 g/mol. The second-order valence-electron chi connectivity index (χ2n) is 4.52. The van der Waals surface area contributed by atoms with Gasteiger partial charge in [0.05, 0.1) is 0 Å². The third kappa shape index (κ3) is 3.09. The highest BCUT2D eigenvalue weighted by Gasteiger charge is 2.28. The minimum atomic E-state index is -1.12. The van der Waals surface area contributed by atoms with Gasteiger partial charge in [-0.1, -0.05) is 29.8 Å². The van der Waals surface area contributed by atoms with E-state index in [1.807, 2.05) is 18.2 Å². The molecule has 1 unspecified atom stereocenters. The second-order valence-corrected chi connectivity index (χ2v) is 4.93. The highest BCUT2D eigenvalue weighted by Crippen LogP contribution is 2.17. The number of carboxylic acids is 1. The van der Waals surface area contributed by atoms with Crippen LogP contribution >= 0.6 is 11.6 Å². The predicted molar refractivity (Wildman–Crippen MR) is 77.2 cm³/mol. The van der Waals surface area contributed by atoms with Crippen LogP contribution in [0, 0.1) is 0 Å². The van der Waals surface area contributed by atoms with Gasteiger partial charge in [0.2, 0.25) is 0 Å². The van der Waals surface area contributed by atoms with E-state index in [-0.39, 0.29) is 11.4 Å². The summed E-state index contributed by atoms with van der Waals surface area (Å²) in [4.78, 5) is 15.0. The number of nitrogens with zero attached hydrogens (tertiary/aromatic N) is 1. The molecule has 106 valence electrons. The topological polar surface area (TPSA) is 99.7 Å². The van der Waals surface area contributed by atoms with Crippen molar-refractivity contribution in [3.8, 4) is 0 Å². The van der Waals surface area contributed by atoms with Crippen molar-refractivity contribution in [2.45, 2.75) is 19.3 Å². The summed E-state index contributed by atoms with van der Waals surface area (Å²) in [6.07, 6.45) is 1.34. The van der Waals surface area contributed by atoms with Crippen molar-refractivity contribution in [3.05, 3.63) is 46.6 Å². The molecule has 6 nitrogen and oxygen atoms in total. The lowest BCUT2D eigenvalue weighted by Gasteiger charge is -2.31. The van der Waals surface area contributed by atoms with E-state index < -0.39 is 11.8 Å². The molecule has 0 saturated carbocycles. The molecule has 2 rings (SSSR count). The van der Waals surface area contributed by atoms with E-state index >= 15 is 0 Å².